The summed E-state index contributed by atoms with van der Waals surface area (Å²) >= 11 is 0. The Kier molecular flexibility index (Phi) is 2.52. The van der Waals surface area contributed by atoms with Crippen molar-refractivity contribution in [2.75, 3.05) is 7.11 Å². The van der Waals surface area contributed by atoms with E-state index in [0.717, 1.165) is 18.8 Å². The Balaban J connectivity index is 2.99. The Hall–Kier alpha value is -0.990. The standard InChI is InChI=1S/C8H14N2O/c1-4-7-6-9-10(5-2)8(7)11-3/h6H,4-5H2,1-3H3. The number of hydrogen-bond donors (Lipinski definition) is 0. The van der Waals surface area contributed by atoms with E-state index in [1.807, 2.05) is 10.9 Å². The predicted molar refractivity (Wildman–Crippen MR) is 43.8 cm³/mol. The highest BCUT2D eigenvalue weighted by atomic mass is 16.5. The maximum Gasteiger partial charge on any atom is 0.214 e. The first-order valence-corrected chi connectivity index (χ1v) is 3.92. The first kappa shape index (κ1) is 8.11. The van der Waals surface area contributed by atoms with Gasteiger partial charge in [0.05, 0.1) is 13.3 Å². The number of aromatic nitrogens is 2. The minimum atomic E-state index is 0.864. The van der Waals surface area contributed by atoms with Gasteiger partial charge in [-0.3, -0.25) is 0 Å². The third-order valence-electron chi connectivity index (χ3n) is 1.74. The van der Waals surface area contributed by atoms with E-state index in [9.17, 15) is 0 Å². The summed E-state index contributed by atoms with van der Waals surface area (Å²) in [5, 5.41) is 4.17. The minimum absolute atomic E-state index is 0.864. The van der Waals surface area contributed by atoms with E-state index in [1.54, 1.807) is 7.11 Å². The molecule has 0 spiro atoms. The molecular weight excluding hydrogens is 140 g/mol. The number of hydrogen-bond acceptors (Lipinski definition) is 2. The van der Waals surface area contributed by atoms with Gasteiger partial charge in [0.2, 0.25) is 5.88 Å². The van der Waals surface area contributed by atoms with Crippen molar-refractivity contribution in [3.63, 3.8) is 0 Å². The van der Waals surface area contributed by atoms with E-state index in [0.29, 0.717) is 0 Å². The molecule has 0 radical (unpaired) electrons. The lowest BCUT2D eigenvalue weighted by Crippen LogP contribution is -2.00. The molecule has 11 heavy (non-hydrogen) atoms. The van der Waals surface area contributed by atoms with Crippen LogP contribution in [0.3, 0.4) is 0 Å². The van der Waals surface area contributed by atoms with Gasteiger partial charge in [-0.2, -0.15) is 5.10 Å². The molecule has 0 atom stereocenters. The van der Waals surface area contributed by atoms with Crippen LogP contribution in [0.1, 0.15) is 19.4 Å². The summed E-state index contributed by atoms with van der Waals surface area (Å²) < 4.78 is 7.06. The van der Waals surface area contributed by atoms with Gasteiger partial charge in [-0.15, -0.1) is 0 Å². The summed E-state index contributed by atoms with van der Waals surface area (Å²) in [7, 11) is 1.68. The predicted octanol–water partition coefficient (Wildman–Crippen LogP) is 1.47. The molecule has 1 aromatic heterocycles. The van der Waals surface area contributed by atoms with Gasteiger partial charge >= 0.3 is 0 Å². The zero-order valence-corrected chi connectivity index (χ0v) is 7.29. The molecule has 1 rings (SSSR count). The Bertz CT molecular complexity index is 208. The molecule has 3 nitrogen and oxygen atoms in total. The van der Waals surface area contributed by atoms with E-state index in [-0.39, 0.29) is 0 Å². The van der Waals surface area contributed by atoms with Gasteiger partial charge in [-0.25, -0.2) is 4.68 Å². The number of ether oxygens (including phenoxy) is 1. The minimum Gasteiger partial charge on any atom is -0.481 e. The zero-order chi connectivity index (χ0) is 8.27. The quantitative estimate of drug-likeness (QED) is 0.659. The Labute approximate surface area is 67.0 Å². The third kappa shape index (κ3) is 1.37. The highest BCUT2D eigenvalue weighted by Crippen LogP contribution is 2.17. The molecule has 0 aromatic carbocycles. The molecule has 62 valence electrons. The fourth-order valence-corrected chi connectivity index (χ4v) is 1.12. The Morgan fingerprint density at radius 1 is 1.55 bits per heavy atom. The lowest BCUT2D eigenvalue weighted by Gasteiger charge is -2.03. The van der Waals surface area contributed by atoms with Crippen molar-refractivity contribution in [3.05, 3.63) is 11.8 Å². The molecule has 0 saturated carbocycles. The topological polar surface area (TPSA) is 27.1 Å². The van der Waals surface area contributed by atoms with Gasteiger partial charge in [0, 0.05) is 12.1 Å². The van der Waals surface area contributed by atoms with Crippen LogP contribution in [-0.4, -0.2) is 16.9 Å². The summed E-state index contributed by atoms with van der Waals surface area (Å²) in [6.45, 7) is 5.01. The summed E-state index contributed by atoms with van der Waals surface area (Å²) in [5.41, 5.74) is 1.18. The fraction of sp³-hybridized carbons (Fsp3) is 0.625. The fourth-order valence-electron chi connectivity index (χ4n) is 1.12. The molecule has 1 aromatic rings. The van der Waals surface area contributed by atoms with Crippen LogP contribution in [-0.2, 0) is 13.0 Å². The van der Waals surface area contributed by atoms with Crippen molar-refractivity contribution in [2.24, 2.45) is 0 Å². The van der Waals surface area contributed by atoms with E-state index in [2.05, 4.69) is 18.9 Å². The van der Waals surface area contributed by atoms with Crippen LogP contribution in [0.15, 0.2) is 6.20 Å². The first-order valence-electron chi connectivity index (χ1n) is 3.92. The molecular formula is C8H14N2O. The highest BCUT2D eigenvalue weighted by molar-refractivity contribution is 5.23. The van der Waals surface area contributed by atoms with Crippen LogP contribution < -0.4 is 4.74 Å². The largest absolute Gasteiger partial charge is 0.481 e. The molecule has 0 bridgehead atoms. The Morgan fingerprint density at radius 2 is 2.27 bits per heavy atom. The van der Waals surface area contributed by atoms with Gasteiger partial charge in [-0.05, 0) is 13.3 Å². The highest BCUT2D eigenvalue weighted by Gasteiger charge is 2.06. The van der Waals surface area contributed by atoms with Crippen LogP contribution >= 0.6 is 0 Å². The SMILES string of the molecule is CCc1cnn(CC)c1OC. The van der Waals surface area contributed by atoms with Crippen molar-refractivity contribution in [1.82, 2.24) is 9.78 Å². The molecule has 0 aliphatic heterocycles. The number of rotatable bonds is 3. The third-order valence-corrected chi connectivity index (χ3v) is 1.74. The molecule has 0 fully saturated rings. The van der Waals surface area contributed by atoms with E-state index < -0.39 is 0 Å². The normalized spacial score (nSPS) is 10.1. The van der Waals surface area contributed by atoms with E-state index >= 15 is 0 Å². The molecule has 0 saturated heterocycles. The second-order valence-electron chi connectivity index (χ2n) is 2.35. The van der Waals surface area contributed by atoms with Gasteiger partial charge in [0.25, 0.3) is 0 Å². The summed E-state index contributed by atoms with van der Waals surface area (Å²) in [5.74, 6) is 0.898. The van der Waals surface area contributed by atoms with Gasteiger partial charge in [-0.1, -0.05) is 6.92 Å². The summed E-state index contributed by atoms with van der Waals surface area (Å²) in [6.07, 6.45) is 2.84. The molecule has 0 amide bonds. The second-order valence-corrected chi connectivity index (χ2v) is 2.35. The number of methoxy groups -OCH3 is 1. The zero-order valence-electron chi connectivity index (χ0n) is 7.29. The van der Waals surface area contributed by atoms with E-state index in [1.165, 1.54) is 5.56 Å². The Morgan fingerprint density at radius 3 is 2.73 bits per heavy atom. The number of nitrogens with zero attached hydrogens (tertiary/aromatic N) is 2. The van der Waals surface area contributed by atoms with Crippen LogP contribution in [0.4, 0.5) is 0 Å². The van der Waals surface area contributed by atoms with Crippen molar-refractivity contribution in [3.8, 4) is 5.88 Å². The molecule has 3 heteroatoms. The summed E-state index contributed by atoms with van der Waals surface area (Å²) in [6, 6.07) is 0. The van der Waals surface area contributed by atoms with Gasteiger partial charge < -0.3 is 4.74 Å². The van der Waals surface area contributed by atoms with E-state index in [4.69, 9.17) is 4.74 Å². The van der Waals surface area contributed by atoms with Crippen LogP contribution in [0.25, 0.3) is 0 Å². The summed E-state index contributed by atoms with van der Waals surface area (Å²) in [4.78, 5) is 0. The van der Waals surface area contributed by atoms with Gasteiger partial charge in [0.1, 0.15) is 0 Å². The lowest BCUT2D eigenvalue weighted by molar-refractivity contribution is 0.360. The second kappa shape index (κ2) is 3.42. The molecule has 0 aliphatic rings. The average Bonchev–Trinajstić information content (AvgIpc) is 2.45. The molecule has 0 N–H and O–H groups in total. The van der Waals surface area contributed by atoms with Crippen molar-refractivity contribution in [1.29, 1.82) is 0 Å². The smallest absolute Gasteiger partial charge is 0.214 e. The molecule has 0 aliphatic carbocycles. The average molecular weight is 154 g/mol. The first-order chi connectivity index (χ1) is 5.33. The van der Waals surface area contributed by atoms with Crippen molar-refractivity contribution >= 4 is 0 Å². The van der Waals surface area contributed by atoms with Crippen molar-refractivity contribution in [2.45, 2.75) is 26.8 Å². The maximum atomic E-state index is 5.20. The lowest BCUT2D eigenvalue weighted by atomic mass is 10.3. The molecule has 0 unspecified atom stereocenters. The maximum absolute atomic E-state index is 5.20. The van der Waals surface area contributed by atoms with Crippen LogP contribution in [0, 0.1) is 0 Å². The molecule has 1 heterocycles. The van der Waals surface area contributed by atoms with Gasteiger partial charge in [0.15, 0.2) is 0 Å². The van der Waals surface area contributed by atoms with Crippen LogP contribution in [0.5, 0.6) is 5.88 Å². The van der Waals surface area contributed by atoms with Crippen molar-refractivity contribution < 1.29 is 4.74 Å². The number of aryl methyl sites for hydroxylation is 2. The monoisotopic (exact) mass is 154 g/mol. The van der Waals surface area contributed by atoms with Crippen LogP contribution in [0.2, 0.25) is 0 Å².